The average molecular weight is 375 g/mol. The van der Waals surface area contributed by atoms with Crippen molar-refractivity contribution in [1.29, 1.82) is 0 Å². The second-order valence-electron chi connectivity index (χ2n) is 5.78. The molecule has 120 valence electrons. The van der Waals surface area contributed by atoms with Gasteiger partial charge in [0.1, 0.15) is 4.47 Å². The van der Waals surface area contributed by atoms with Crippen LogP contribution in [0.3, 0.4) is 0 Å². The summed E-state index contributed by atoms with van der Waals surface area (Å²) in [5, 5.41) is 4.24. The third kappa shape index (κ3) is 3.64. The molecule has 1 heterocycles. The number of nitrogens with one attached hydrogen (secondary N) is 2. The number of nitrogens with zero attached hydrogens (tertiary/aromatic N) is 2. The van der Waals surface area contributed by atoms with Gasteiger partial charge in [0.25, 0.3) is 5.56 Å². The van der Waals surface area contributed by atoms with Gasteiger partial charge in [-0.25, -0.2) is 0 Å². The van der Waals surface area contributed by atoms with Crippen LogP contribution in [0.2, 0.25) is 0 Å². The van der Waals surface area contributed by atoms with E-state index in [1.54, 1.807) is 6.20 Å². The molecule has 3 rings (SSSR count). The van der Waals surface area contributed by atoms with Crippen LogP contribution in [0.1, 0.15) is 26.2 Å². The molecule has 0 aliphatic heterocycles. The number of aromatic nitrogens is 2. The minimum atomic E-state index is -0.200. The fraction of sp³-hybridized carbons (Fsp3) is 0.294. The molecule has 0 amide bonds. The lowest BCUT2D eigenvalue weighted by molar-refractivity contribution is 0.502. The highest BCUT2D eigenvalue weighted by atomic mass is 79.9. The zero-order valence-electron chi connectivity index (χ0n) is 12.9. The van der Waals surface area contributed by atoms with E-state index in [1.165, 1.54) is 11.1 Å². The van der Waals surface area contributed by atoms with Crippen LogP contribution in [0.15, 0.2) is 57.6 Å². The van der Waals surface area contributed by atoms with Gasteiger partial charge in [0.05, 0.1) is 17.6 Å². The normalized spacial score (nSPS) is 17.5. The van der Waals surface area contributed by atoms with E-state index < -0.39 is 0 Å². The number of halogens is 1. The molecule has 1 aromatic heterocycles. The van der Waals surface area contributed by atoms with Gasteiger partial charge in [0.15, 0.2) is 0 Å². The van der Waals surface area contributed by atoms with Gasteiger partial charge in [-0.3, -0.25) is 10.2 Å². The summed E-state index contributed by atoms with van der Waals surface area (Å²) in [6.45, 7) is 2.25. The second-order valence-corrected chi connectivity index (χ2v) is 6.58. The Hall–Kier alpha value is -2.08. The smallest absolute Gasteiger partial charge is 0.287 e. The number of anilines is 1. The number of rotatable bonds is 4. The predicted molar refractivity (Wildman–Crippen MR) is 95.4 cm³/mol. The lowest BCUT2D eigenvalue weighted by atomic mass is 9.95. The van der Waals surface area contributed by atoms with E-state index in [0.29, 0.717) is 10.2 Å². The highest BCUT2D eigenvalue weighted by Gasteiger charge is 2.12. The van der Waals surface area contributed by atoms with Gasteiger partial charge in [-0.1, -0.05) is 31.2 Å². The van der Waals surface area contributed by atoms with Crippen LogP contribution in [0.5, 0.6) is 0 Å². The molecule has 0 bridgehead atoms. The maximum absolute atomic E-state index is 12.5. The van der Waals surface area contributed by atoms with Crippen molar-refractivity contribution in [1.82, 2.24) is 15.2 Å². The van der Waals surface area contributed by atoms with E-state index in [4.69, 9.17) is 0 Å². The number of hydrazine groups is 1. The zero-order valence-corrected chi connectivity index (χ0v) is 14.5. The zero-order chi connectivity index (χ0) is 16.2. The maximum atomic E-state index is 12.5. The number of benzene rings is 1. The van der Waals surface area contributed by atoms with Gasteiger partial charge in [-0.15, -0.1) is 0 Å². The van der Waals surface area contributed by atoms with E-state index in [9.17, 15) is 4.79 Å². The molecule has 2 aromatic rings. The summed E-state index contributed by atoms with van der Waals surface area (Å²) in [6.07, 6.45) is 7.11. The fourth-order valence-electron chi connectivity index (χ4n) is 2.50. The summed E-state index contributed by atoms with van der Waals surface area (Å²) >= 11 is 3.37. The van der Waals surface area contributed by atoms with Crippen molar-refractivity contribution in [3.63, 3.8) is 0 Å². The highest BCUT2D eigenvalue weighted by Crippen LogP contribution is 2.22. The quantitative estimate of drug-likeness (QED) is 0.802. The molecule has 5 nitrogen and oxygen atoms in total. The van der Waals surface area contributed by atoms with Crippen LogP contribution in [-0.4, -0.2) is 9.78 Å². The minimum absolute atomic E-state index is 0.200. The van der Waals surface area contributed by atoms with Crippen LogP contribution in [0.4, 0.5) is 5.69 Å². The molecule has 1 aliphatic rings. The fourth-order valence-corrected chi connectivity index (χ4v) is 2.87. The molecular formula is C17H19BrN4O. The third-order valence-corrected chi connectivity index (χ3v) is 4.72. The Kier molecular flexibility index (Phi) is 4.81. The molecule has 2 N–H and O–H groups in total. The van der Waals surface area contributed by atoms with Gasteiger partial charge in [0.2, 0.25) is 0 Å². The van der Waals surface area contributed by atoms with E-state index in [2.05, 4.69) is 44.9 Å². The van der Waals surface area contributed by atoms with Crippen molar-refractivity contribution in [3.05, 3.63) is 63.1 Å². The van der Waals surface area contributed by atoms with Crippen LogP contribution >= 0.6 is 15.9 Å². The Labute approximate surface area is 143 Å². The minimum Gasteiger partial charge on any atom is -0.305 e. The van der Waals surface area contributed by atoms with Crippen molar-refractivity contribution in [2.75, 3.05) is 5.43 Å². The van der Waals surface area contributed by atoms with Gasteiger partial charge in [0, 0.05) is 5.70 Å². The molecule has 23 heavy (non-hydrogen) atoms. The van der Waals surface area contributed by atoms with Crippen molar-refractivity contribution in [2.24, 2.45) is 5.92 Å². The van der Waals surface area contributed by atoms with Gasteiger partial charge < -0.3 is 5.43 Å². The summed E-state index contributed by atoms with van der Waals surface area (Å²) in [6, 6.07) is 9.35. The Morgan fingerprint density at radius 3 is 2.74 bits per heavy atom. The van der Waals surface area contributed by atoms with Crippen LogP contribution in [0, 0.1) is 5.92 Å². The summed E-state index contributed by atoms with van der Waals surface area (Å²) in [4.78, 5) is 12.5. The molecule has 0 saturated heterocycles. The first kappa shape index (κ1) is 15.8. The van der Waals surface area contributed by atoms with Crippen molar-refractivity contribution in [2.45, 2.75) is 26.2 Å². The van der Waals surface area contributed by atoms with E-state index in [-0.39, 0.29) is 5.56 Å². The van der Waals surface area contributed by atoms with E-state index >= 15 is 0 Å². The Bertz CT molecular complexity index is 770. The molecule has 0 fully saturated rings. The maximum Gasteiger partial charge on any atom is 0.287 e. The van der Waals surface area contributed by atoms with Crippen molar-refractivity contribution >= 4 is 21.6 Å². The lowest BCUT2D eigenvalue weighted by Crippen LogP contribution is -2.27. The molecule has 0 saturated carbocycles. The topological polar surface area (TPSA) is 59.0 Å². The van der Waals surface area contributed by atoms with Crippen molar-refractivity contribution < 1.29 is 0 Å². The Morgan fingerprint density at radius 2 is 2.04 bits per heavy atom. The number of hydrogen-bond donors (Lipinski definition) is 2. The summed E-state index contributed by atoms with van der Waals surface area (Å²) < 4.78 is 1.82. The first-order valence-corrected chi connectivity index (χ1v) is 8.49. The monoisotopic (exact) mass is 374 g/mol. The molecule has 1 unspecified atom stereocenters. The largest absolute Gasteiger partial charge is 0.305 e. The molecule has 1 aromatic carbocycles. The molecule has 6 heteroatoms. The first-order valence-electron chi connectivity index (χ1n) is 7.69. The predicted octanol–water partition coefficient (Wildman–Crippen LogP) is 3.62. The van der Waals surface area contributed by atoms with Crippen LogP contribution in [0.25, 0.3) is 5.69 Å². The first-order chi connectivity index (χ1) is 11.1. The molecule has 1 aliphatic carbocycles. The second kappa shape index (κ2) is 7.00. The molecule has 1 atom stereocenters. The van der Waals surface area contributed by atoms with Gasteiger partial charge in [-0.2, -0.15) is 9.78 Å². The van der Waals surface area contributed by atoms with E-state index in [1.807, 2.05) is 30.3 Å². The molecular weight excluding hydrogens is 356 g/mol. The summed E-state index contributed by atoms with van der Waals surface area (Å²) in [5.41, 5.74) is 8.57. The van der Waals surface area contributed by atoms with Gasteiger partial charge in [-0.05, 0) is 53.2 Å². The van der Waals surface area contributed by atoms with Crippen LogP contribution in [-0.2, 0) is 0 Å². The Balaban J connectivity index is 1.77. The standard InChI is InChI=1S/C17H19BrN4O/c1-12-7-9-13(10-8-12)20-21-15-11-19-22(17(23)16(15)18)14-5-3-2-4-6-14/h2-6,9,11-12,20-21H,7-8,10H2,1H3. The van der Waals surface area contributed by atoms with Gasteiger partial charge >= 0.3 is 0 Å². The van der Waals surface area contributed by atoms with Crippen molar-refractivity contribution in [3.8, 4) is 5.69 Å². The van der Waals surface area contributed by atoms with E-state index in [0.717, 1.165) is 30.1 Å². The summed E-state index contributed by atoms with van der Waals surface area (Å²) in [5.74, 6) is 0.740. The summed E-state index contributed by atoms with van der Waals surface area (Å²) in [7, 11) is 0. The number of para-hydroxylation sites is 1. The molecule has 0 spiro atoms. The Morgan fingerprint density at radius 1 is 1.26 bits per heavy atom. The lowest BCUT2D eigenvalue weighted by Gasteiger charge is -2.20. The SMILES string of the molecule is CC1CC=C(NNc2cnn(-c3ccccc3)c(=O)c2Br)CC1. The highest BCUT2D eigenvalue weighted by molar-refractivity contribution is 9.10. The molecule has 0 radical (unpaired) electrons. The number of allylic oxidation sites excluding steroid dienone is 2. The average Bonchev–Trinajstić information content (AvgIpc) is 2.58. The third-order valence-electron chi connectivity index (χ3n) is 3.95. The number of hydrogen-bond acceptors (Lipinski definition) is 4. The van der Waals surface area contributed by atoms with Crippen LogP contribution < -0.4 is 16.4 Å².